The molecular formula is C17H34N2O. The van der Waals surface area contributed by atoms with Gasteiger partial charge in [0, 0.05) is 13.1 Å². The predicted octanol–water partition coefficient (Wildman–Crippen LogP) is 3.33. The smallest absolute Gasteiger partial charge is 0.224 e. The molecule has 3 heteroatoms. The lowest BCUT2D eigenvalue weighted by atomic mass is 9.78. The van der Waals surface area contributed by atoms with E-state index in [-0.39, 0.29) is 11.8 Å². The number of amides is 1. The van der Waals surface area contributed by atoms with E-state index in [2.05, 4.69) is 33.0 Å². The van der Waals surface area contributed by atoms with Gasteiger partial charge in [0.25, 0.3) is 0 Å². The number of nitrogens with two attached hydrogens (primary N) is 1. The van der Waals surface area contributed by atoms with Crippen molar-refractivity contribution >= 4 is 5.91 Å². The van der Waals surface area contributed by atoms with Crippen LogP contribution < -0.4 is 11.1 Å². The van der Waals surface area contributed by atoms with Crippen molar-refractivity contribution in [2.45, 2.75) is 66.2 Å². The summed E-state index contributed by atoms with van der Waals surface area (Å²) in [6.07, 6.45) is 7.28. The largest absolute Gasteiger partial charge is 0.355 e. The quantitative estimate of drug-likeness (QED) is 0.717. The molecule has 0 heterocycles. The van der Waals surface area contributed by atoms with E-state index in [1.54, 1.807) is 0 Å². The molecule has 0 spiro atoms. The van der Waals surface area contributed by atoms with Gasteiger partial charge in [0.05, 0.1) is 5.92 Å². The van der Waals surface area contributed by atoms with Gasteiger partial charge in [-0.15, -0.1) is 0 Å². The van der Waals surface area contributed by atoms with Crippen LogP contribution in [0.5, 0.6) is 0 Å². The molecular weight excluding hydrogens is 248 g/mol. The van der Waals surface area contributed by atoms with Crippen LogP contribution in [0.3, 0.4) is 0 Å². The summed E-state index contributed by atoms with van der Waals surface area (Å²) < 4.78 is 0. The molecule has 1 fully saturated rings. The number of hydrogen-bond donors (Lipinski definition) is 2. The van der Waals surface area contributed by atoms with Crippen LogP contribution in [-0.4, -0.2) is 19.0 Å². The Hall–Kier alpha value is -0.570. The summed E-state index contributed by atoms with van der Waals surface area (Å²) in [7, 11) is 0. The van der Waals surface area contributed by atoms with Crippen molar-refractivity contribution in [1.82, 2.24) is 5.32 Å². The summed E-state index contributed by atoms with van der Waals surface area (Å²) in [5.41, 5.74) is 6.11. The standard InChI is InChI=1S/C17H34N2O/c1-13(2)9-15(11-18)16(20)19-12-17(10-14(3)4)7-5-6-8-17/h13-15H,5-12,18H2,1-4H3,(H,19,20). The van der Waals surface area contributed by atoms with E-state index in [1.807, 2.05) is 0 Å². The molecule has 3 N–H and O–H groups in total. The van der Waals surface area contributed by atoms with E-state index in [4.69, 9.17) is 5.73 Å². The topological polar surface area (TPSA) is 55.1 Å². The first kappa shape index (κ1) is 17.5. The lowest BCUT2D eigenvalue weighted by Crippen LogP contribution is -2.42. The Kier molecular flexibility index (Phi) is 7.01. The molecule has 0 aromatic carbocycles. The molecule has 0 aromatic heterocycles. The fourth-order valence-electron chi connectivity index (χ4n) is 3.74. The van der Waals surface area contributed by atoms with E-state index < -0.39 is 0 Å². The first-order valence-electron chi connectivity index (χ1n) is 8.36. The molecule has 1 atom stereocenters. The highest BCUT2D eigenvalue weighted by molar-refractivity contribution is 5.78. The summed E-state index contributed by atoms with van der Waals surface area (Å²) >= 11 is 0. The Bertz CT molecular complexity index is 293. The van der Waals surface area contributed by atoms with Crippen molar-refractivity contribution in [1.29, 1.82) is 0 Å². The number of carbonyl (C=O) groups excluding carboxylic acids is 1. The van der Waals surface area contributed by atoms with Crippen molar-refractivity contribution < 1.29 is 4.79 Å². The van der Waals surface area contributed by atoms with Gasteiger partial charge < -0.3 is 11.1 Å². The molecule has 0 aliphatic heterocycles. The second-order valence-corrected chi connectivity index (χ2v) is 7.59. The minimum absolute atomic E-state index is 0.0208. The van der Waals surface area contributed by atoms with Crippen molar-refractivity contribution in [3.63, 3.8) is 0 Å². The van der Waals surface area contributed by atoms with E-state index in [0.717, 1.165) is 13.0 Å². The molecule has 1 unspecified atom stereocenters. The average molecular weight is 282 g/mol. The normalized spacial score (nSPS) is 19.6. The lowest BCUT2D eigenvalue weighted by Gasteiger charge is -2.32. The zero-order valence-corrected chi connectivity index (χ0v) is 13.9. The van der Waals surface area contributed by atoms with Crippen molar-refractivity contribution in [3.8, 4) is 0 Å². The van der Waals surface area contributed by atoms with Crippen LogP contribution in [0.25, 0.3) is 0 Å². The van der Waals surface area contributed by atoms with E-state index in [0.29, 0.717) is 23.8 Å². The second kappa shape index (κ2) is 8.02. The van der Waals surface area contributed by atoms with Crippen LogP contribution >= 0.6 is 0 Å². The number of carbonyl (C=O) groups is 1. The van der Waals surface area contributed by atoms with E-state index in [1.165, 1.54) is 32.1 Å². The van der Waals surface area contributed by atoms with Crippen molar-refractivity contribution in [2.24, 2.45) is 28.9 Å². The van der Waals surface area contributed by atoms with Crippen LogP contribution in [0.1, 0.15) is 66.2 Å². The molecule has 0 aromatic rings. The zero-order valence-electron chi connectivity index (χ0n) is 13.9. The molecule has 1 aliphatic carbocycles. The van der Waals surface area contributed by atoms with Gasteiger partial charge in [0.15, 0.2) is 0 Å². The summed E-state index contributed by atoms with van der Waals surface area (Å²) in [6, 6.07) is 0. The van der Waals surface area contributed by atoms with Gasteiger partial charge in [-0.25, -0.2) is 0 Å². The van der Waals surface area contributed by atoms with Gasteiger partial charge in [-0.05, 0) is 42.9 Å². The van der Waals surface area contributed by atoms with Crippen LogP contribution in [0, 0.1) is 23.2 Å². The molecule has 0 bridgehead atoms. The molecule has 1 amide bonds. The maximum Gasteiger partial charge on any atom is 0.224 e. The zero-order chi connectivity index (χ0) is 15.2. The third-order valence-corrected chi connectivity index (χ3v) is 4.55. The minimum Gasteiger partial charge on any atom is -0.355 e. The molecule has 118 valence electrons. The summed E-state index contributed by atoms with van der Waals surface area (Å²) in [4.78, 5) is 12.3. The number of rotatable bonds is 8. The first-order chi connectivity index (χ1) is 9.38. The number of nitrogens with one attached hydrogen (secondary N) is 1. The van der Waals surface area contributed by atoms with E-state index >= 15 is 0 Å². The predicted molar refractivity (Wildman–Crippen MR) is 85.4 cm³/mol. The molecule has 1 saturated carbocycles. The summed E-state index contributed by atoms with van der Waals surface area (Å²) in [5.74, 6) is 1.36. The first-order valence-corrected chi connectivity index (χ1v) is 8.36. The third kappa shape index (κ3) is 5.43. The molecule has 1 rings (SSSR count). The summed E-state index contributed by atoms with van der Waals surface area (Å²) in [5, 5.41) is 3.21. The fourth-order valence-corrected chi connectivity index (χ4v) is 3.74. The second-order valence-electron chi connectivity index (χ2n) is 7.59. The fraction of sp³-hybridized carbons (Fsp3) is 0.941. The monoisotopic (exact) mass is 282 g/mol. The van der Waals surface area contributed by atoms with Gasteiger partial charge >= 0.3 is 0 Å². The lowest BCUT2D eigenvalue weighted by molar-refractivity contribution is -0.125. The van der Waals surface area contributed by atoms with E-state index in [9.17, 15) is 4.79 Å². The molecule has 20 heavy (non-hydrogen) atoms. The van der Waals surface area contributed by atoms with Gasteiger partial charge in [-0.1, -0.05) is 40.5 Å². The van der Waals surface area contributed by atoms with Crippen LogP contribution in [-0.2, 0) is 4.79 Å². The molecule has 1 aliphatic rings. The maximum atomic E-state index is 12.3. The Balaban J connectivity index is 2.52. The Labute approximate surface area is 125 Å². The molecule has 0 radical (unpaired) electrons. The molecule has 3 nitrogen and oxygen atoms in total. The van der Waals surface area contributed by atoms with Gasteiger partial charge in [0.1, 0.15) is 0 Å². The van der Waals surface area contributed by atoms with Crippen molar-refractivity contribution in [3.05, 3.63) is 0 Å². The highest BCUT2D eigenvalue weighted by Crippen LogP contribution is 2.42. The van der Waals surface area contributed by atoms with Gasteiger partial charge in [0.2, 0.25) is 5.91 Å². The average Bonchev–Trinajstić information content (AvgIpc) is 2.81. The highest BCUT2D eigenvalue weighted by atomic mass is 16.1. The van der Waals surface area contributed by atoms with Crippen molar-refractivity contribution in [2.75, 3.05) is 13.1 Å². The Morgan fingerprint density at radius 2 is 1.75 bits per heavy atom. The Morgan fingerprint density at radius 1 is 1.15 bits per heavy atom. The minimum atomic E-state index is -0.0208. The van der Waals surface area contributed by atoms with Gasteiger partial charge in [-0.3, -0.25) is 4.79 Å². The van der Waals surface area contributed by atoms with Crippen LogP contribution in [0.4, 0.5) is 0 Å². The third-order valence-electron chi connectivity index (χ3n) is 4.55. The SMILES string of the molecule is CC(C)CC(CN)C(=O)NCC1(CC(C)C)CCCC1. The highest BCUT2D eigenvalue weighted by Gasteiger charge is 2.35. The van der Waals surface area contributed by atoms with Crippen LogP contribution in [0.15, 0.2) is 0 Å². The summed E-state index contributed by atoms with van der Waals surface area (Å²) in [6.45, 7) is 10.2. The number of hydrogen-bond acceptors (Lipinski definition) is 2. The van der Waals surface area contributed by atoms with Gasteiger partial charge in [-0.2, -0.15) is 0 Å². The Morgan fingerprint density at radius 3 is 2.20 bits per heavy atom. The molecule has 0 saturated heterocycles. The maximum absolute atomic E-state index is 12.3. The van der Waals surface area contributed by atoms with Crippen LogP contribution in [0.2, 0.25) is 0 Å².